The number of nitrogens with zero attached hydrogens (tertiary/aromatic N) is 2. The topological polar surface area (TPSA) is 136 Å². The third kappa shape index (κ3) is 6.19. The zero-order valence-electron chi connectivity index (χ0n) is 32.0. The lowest BCUT2D eigenvalue weighted by Crippen LogP contribution is -2.65. The molecule has 0 spiro atoms. The Bertz CT molecular complexity index is 1480. The summed E-state index contributed by atoms with van der Waals surface area (Å²) in [6.07, 6.45) is 5.81. The van der Waals surface area contributed by atoms with Gasteiger partial charge in [-0.25, -0.2) is 0 Å². The van der Waals surface area contributed by atoms with Crippen molar-refractivity contribution in [3.8, 4) is 34.5 Å². The van der Waals surface area contributed by atoms with Crippen molar-refractivity contribution < 1.29 is 57.2 Å². The molecule has 12 heteroatoms. The highest BCUT2D eigenvalue weighted by Gasteiger charge is 2.62. The first-order chi connectivity index (χ1) is 24.8. The lowest BCUT2D eigenvalue weighted by Gasteiger charge is -2.57. The smallest absolute Gasteiger partial charge is 0.203 e. The highest BCUT2D eigenvalue weighted by Crippen LogP contribution is 2.59. The number of hydrogen-bond acceptors (Lipinski definition) is 10. The van der Waals surface area contributed by atoms with Gasteiger partial charge in [0.2, 0.25) is 11.5 Å². The quantitative estimate of drug-likeness (QED) is 0.252. The molecule has 52 heavy (non-hydrogen) atoms. The van der Waals surface area contributed by atoms with E-state index in [9.17, 15) is 19.8 Å². The standard InChI is InChI=1S/C40H56N2O10/c1-41(22-24-13-32(47-3)37(51-7)33(14-24)48-4)28-9-10-29(41)18-26(17-28)40(39(45)46,21-36(43)44)27-19-30-11-12-31(20-27)42(30,2)23-25-15-34(49-5)38(52-8)35(16-25)50-6/h13-16,26-31H,9-12,17-23H2,1-8H3. The average molecular weight is 725 g/mol. The molecule has 4 heterocycles. The minimum Gasteiger partial charge on any atom is -0.550 e. The van der Waals surface area contributed by atoms with E-state index in [4.69, 9.17) is 28.4 Å². The predicted octanol–water partition coefficient (Wildman–Crippen LogP) is 3.09. The minimum atomic E-state index is -1.50. The van der Waals surface area contributed by atoms with Crippen LogP contribution in [0.1, 0.15) is 68.9 Å². The van der Waals surface area contributed by atoms with Gasteiger partial charge in [0.25, 0.3) is 0 Å². The van der Waals surface area contributed by atoms with Crippen LogP contribution in [0.4, 0.5) is 0 Å². The van der Waals surface area contributed by atoms with Crippen molar-refractivity contribution in [2.24, 2.45) is 17.3 Å². The van der Waals surface area contributed by atoms with Crippen LogP contribution < -0.4 is 38.6 Å². The number of carbonyl (C=O) groups excluding carboxylic acids is 2. The van der Waals surface area contributed by atoms with Crippen molar-refractivity contribution in [2.75, 3.05) is 56.8 Å². The molecule has 4 aliphatic rings. The summed E-state index contributed by atoms with van der Waals surface area (Å²) in [6, 6.07) is 8.64. The molecular formula is C40H56N2O10. The SMILES string of the molecule is COc1cc(C[N+]2(C)C3CCC2CC(C(CC(=O)[O-])(C(=O)[O-])C2CC4CCC(C2)[N+]4(C)Cc2cc(OC)c(OC)c(OC)c2)C3)cc(OC)c1OC. The van der Waals surface area contributed by atoms with Gasteiger partial charge in [0, 0.05) is 79.8 Å². The van der Waals surface area contributed by atoms with E-state index in [2.05, 4.69) is 14.1 Å². The fourth-order valence-corrected chi connectivity index (χ4v) is 11.4. The largest absolute Gasteiger partial charge is 0.550 e. The van der Waals surface area contributed by atoms with Crippen molar-refractivity contribution in [1.82, 2.24) is 0 Å². The van der Waals surface area contributed by atoms with Crippen LogP contribution in [-0.4, -0.2) is 102 Å². The first kappa shape index (κ1) is 37.8. The molecule has 0 amide bonds. The molecule has 4 bridgehead atoms. The third-order valence-corrected chi connectivity index (χ3v) is 14.0. The van der Waals surface area contributed by atoms with Crippen LogP contribution in [0.5, 0.6) is 34.5 Å². The van der Waals surface area contributed by atoms with Crippen LogP contribution in [0, 0.1) is 17.3 Å². The Morgan fingerprint density at radius 2 is 0.904 bits per heavy atom. The monoisotopic (exact) mass is 724 g/mol. The van der Waals surface area contributed by atoms with Gasteiger partial charge in [-0.15, -0.1) is 0 Å². The number of rotatable bonds is 15. The summed E-state index contributed by atoms with van der Waals surface area (Å²) in [6.45, 7) is 1.42. The number of carbonyl (C=O) groups is 2. The van der Waals surface area contributed by atoms with Gasteiger partial charge in [-0.05, 0) is 42.5 Å². The second-order valence-electron chi connectivity index (χ2n) is 16.1. The molecule has 0 aliphatic carbocycles. The minimum absolute atomic E-state index is 0.171. The molecule has 2 aromatic rings. The van der Waals surface area contributed by atoms with Crippen molar-refractivity contribution in [1.29, 1.82) is 0 Å². The highest BCUT2D eigenvalue weighted by molar-refractivity contribution is 5.80. The van der Waals surface area contributed by atoms with E-state index in [1.54, 1.807) is 42.7 Å². The molecule has 4 unspecified atom stereocenters. The molecule has 0 N–H and O–H groups in total. The number of methoxy groups -OCH3 is 6. The number of hydrogen-bond donors (Lipinski definition) is 0. The number of piperidine rings is 2. The highest BCUT2D eigenvalue weighted by atomic mass is 16.5. The predicted molar refractivity (Wildman–Crippen MR) is 188 cm³/mol. The molecule has 4 saturated heterocycles. The normalized spacial score (nSPS) is 31.7. The van der Waals surface area contributed by atoms with Crippen molar-refractivity contribution in [3.05, 3.63) is 35.4 Å². The Kier molecular flexibility index (Phi) is 10.5. The summed E-state index contributed by atoms with van der Waals surface area (Å²) in [4.78, 5) is 26.2. The summed E-state index contributed by atoms with van der Waals surface area (Å²) >= 11 is 0. The lowest BCUT2D eigenvalue weighted by atomic mass is 9.57. The zero-order valence-corrected chi connectivity index (χ0v) is 32.0. The van der Waals surface area contributed by atoms with E-state index >= 15 is 0 Å². The number of aliphatic carboxylic acids is 2. The molecule has 0 radical (unpaired) electrons. The number of benzene rings is 2. The number of ether oxygens (including phenoxy) is 6. The molecular weight excluding hydrogens is 668 g/mol. The van der Waals surface area contributed by atoms with E-state index in [1.165, 1.54) is 0 Å². The van der Waals surface area contributed by atoms with Crippen LogP contribution >= 0.6 is 0 Å². The molecule has 286 valence electrons. The van der Waals surface area contributed by atoms with Crippen LogP contribution in [0.2, 0.25) is 0 Å². The van der Waals surface area contributed by atoms with Gasteiger partial charge in [-0.1, -0.05) is 0 Å². The zero-order chi connectivity index (χ0) is 37.6. The van der Waals surface area contributed by atoms with Crippen molar-refractivity contribution >= 4 is 11.9 Å². The Balaban J connectivity index is 1.28. The molecule has 0 aromatic heterocycles. The van der Waals surface area contributed by atoms with Crippen LogP contribution in [-0.2, 0) is 22.7 Å². The van der Waals surface area contributed by atoms with Gasteiger partial charge >= 0.3 is 0 Å². The van der Waals surface area contributed by atoms with Gasteiger partial charge in [0.05, 0.1) is 80.9 Å². The first-order valence-electron chi connectivity index (χ1n) is 18.5. The number of carboxylic acid groups (broad SMARTS) is 2. The summed E-state index contributed by atoms with van der Waals surface area (Å²) < 4.78 is 35.2. The fourth-order valence-electron chi connectivity index (χ4n) is 11.4. The van der Waals surface area contributed by atoms with Crippen LogP contribution in [0.25, 0.3) is 0 Å². The summed E-state index contributed by atoms with van der Waals surface area (Å²) in [5, 5.41) is 26.2. The Hall–Kier alpha value is -3.90. The number of fused-ring (bicyclic) bond motifs is 4. The number of carboxylic acids is 2. The molecule has 4 aliphatic heterocycles. The van der Waals surface area contributed by atoms with E-state index in [-0.39, 0.29) is 36.0 Å². The van der Waals surface area contributed by atoms with Crippen molar-refractivity contribution in [2.45, 2.75) is 95.0 Å². The molecule has 0 saturated carbocycles. The van der Waals surface area contributed by atoms with Gasteiger partial charge in [-0.3, -0.25) is 0 Å². The van der Waals surface area contributed by atoms with Crippen molar-refractivity contribution in [3.63, 3.8) is 0 Å². The molecule has 4 atom stereocenters. The molecule has 2 aromatic carbocycles. The van der Waals surface area contributed by atoms with Gasteiger partial charge in [-0.2, -0.15) is 0 Å². The Morgan fingerprint density at radius 3 is 1.13 bits per heavy atom. The third-order valence-electron chi connectivity index (χ3n) is 14.0. The van der Waals surface area contributed by atoms with E-state index in [0.29, 0.717) is 73.3 Å². The van der Waals surface area contributed by atoms with Gasteiger partial charge in [0.1, 0.15) is 13.1 Å². The first-order valence-corrected chi connectivity index (χ1v) is 18.5. The Labute approximate surface area is 307 Å². The molecule has 12 nitrogen and oxygen atoms in total. The Morgan fingerprint density at radius 1 is 0.596 bits per heavy atom. The van der Waals surface area contributed by atoms with Gasteiger partial charge in [0.15, 0.2) is 23.0 Å². The average Bonchev–Trinajstić information content (AvgIpc) is 3.36. The van der Waals surface area contributed by atoms with Gasteiger partial charge < -0.3 is 57.2 Å². The maximum absolute atomic E-state index is 13.6. The lowest BCUT2D eigenvalue weighted by molar-refractivity contribution is -0.963. The maximum atomic E-state index is 13.6. The second-order valence-corrected chi connectivity index (χ2v) is 16.1. The second kappa shape index (κ2) is 14.5. The van der Waals surface area contributed by atoms with E-state index in [1.807, 2.05) is 24.3 Å². The van der Waals surface area contributed by atoms with Crippen LogP contribution in [0.3, 0.4) is 0 Å². The van der Waals surface area contributed by atoms with Crippen LogP contribution in [0.15, 0.2) is 24.3 Å². The molecule has 4 fully saturated rings. The summed E-state index contributed by atoms with van der Waals surface area (Å²) in [5.74, 6) is 0.271. The van der Waals surface area contributed by atoms with E-state index in [0.717, 1.165) is 45.8 Å². The maximum Gasteiger partial charge on any atom is 0.203 e. The summed E-state index contributed by atoms with van der Waals surface area (Å²) in [7, 11) is 14.1. The summed E-state index contributed by atoms with van der Waals surface area (Å²) in [5.41, 5.74) is 0.582. The number of quaternary nitrogens is 2. The fraction of sp³-hybridized carbons (Fsp3) is 0.650. The molecule has 6 rings (SSSR count). The van der Waals surface area contributed by atoms with E-state index < -0.39 is 23.8 Å².